The maximum Gasteiger partial charge on any atom is 0.0392 e. The second kappa shape index (κ2) is 8.70. The summed E-state index contributed by atoms with van der Waals surface area (Å²) in [7, 11) is 0. The topological polar surface area (TPSA) is 12.4 Å². The average Bonchev–Trinajstić information content (AvgIpc) is 2.29. The van der Waals surface area contributed by atoms with E-state index in [-0.39, 0.29) is 0 Å². The fourth-order valence-electron chi connectivity index (χ4n) is 1.94. The summed E-state index contributed by atoms with van der Waals surface area (Å²) in [5, 5.41) is 0. The van der Waals surface area contributed by atoms with Crippen LogP contribution in [-0.4, -0.2) is 12.3 Å². The number of nitrogens with zero attached hydrogens (tertiary/aromatic N) is 1. The van der Waals surface area contributed by atoms with Gasteiger partial charge < -0.3 is 0 Å². The van der Waals surface area contributed by atoms with E-state index in [1.807, 2.05) is 0 Å². The van der Waals surface area contributed by atoms with Gasteiger partial charge in [-0.05, 0) is 38.2 Å². The van der Waals surface area contributed by atoms with E-state index in [2.05, 4.69) is 24.1 Å². The van der Waals surface area contributed by atoms with Crippen LogP contribution < -0.4 is 0 Å². The minimum atomic E-state index is 1.05. The summed E-state index contributed by atoms with van der Waals surface area (Å²) in [6, 6.07) is 0. The first-order valence-electron chi connectivity index (χ1n) is 6.63. The molecule has 1 aliphatic heterocycles. The van der Waals surface area contributed by atoms with Crippen LogP contribution in [0, 0.1) is 0 Å². The number of rotatable bonds is 7. The molecule has 1 aliphatic rings. The zero-order chi connectivity index (χ0) is 10.8. The molecule has 0 spiro atoms. The van der Waals surface area contributed by atoms with Gasteiger partial charge in [0.15, 0.2) is 0 Å². The molecule has 0 saturated heterocycles. The van der Waals surface area contributed by atoms with Crippen LogP contribution in [-0.2, 0) is 0 Å². The maximum absolute atomic E-state index is 4.51. The largest absolute Gasteiger partial charge is 0.290 e. The number of aliphatic imine (C=N–C) groups is 1. The number of allylic oxidation sites excluding steroid dienone is 2. The van der Waals surface area contributed by atoms with E-state index >= 15 is 0 Å². The quantitative estimate of drug-likeness (QED) is 0.544. The molecule has 0 unspecified atom stereocenters. The van der Waals surface area contributed by atoms with Crippen molar-refractivity contribution in [2.75, 3.05) is 6.54 Å². The Morgan fingerprint density at radius 1 is 1.13 bits per heavy atom. The minimum absolute atomic E-state index is 1.05. The van der Waals surface area contributed by atoms with Gasteiger partial charge in [0.05, 0.1) is 0 Å². The zero-order valence-electron chi connectivity index (χ0n) is 10.2. The summed E-state index contributed by atoms with van der Waals surface area (Å²) in [4.78, 5) is 4.51. The summed E-state index contributed by atoms with van der Waals surface area (Å²) >= 11 is 0. The van der Waals surface area contributed by atoms with Gasteiger partial charge in [-0.15, -0.1) is 0 Å². The fourth-order valence-corrected chi connectivity index (χ4v) is 1.94. The van der Waals surface area contributed by atoms with E-state index in [0.717, 1.165) is 6.54 Å². The van der Waals surface area contributed by atoms with E-state index in [4.69, 9.17) is 0 Å². The first kappa shape index (κ1) is 12.5. The summed E-state index contributed by atoms with van der Waals surface area (Å²) in [6.45, 7) is 3.32. The number of hydrogen-bond donors (Lipinski definition) is 0. The van der Waals surface area contributed by atoms with Crippen LogP contribution in [0.2, 0.25) is 0 Å². The van der Waals surface area contributed by atoms with Crippen molar-refractivity contribution in [1.29, 1.82) is 0 Å². The van der Waals surface area contributed by atoms with Crippen LogP contribution in [0.15, 0.2) is 17.1 Å². The van der Waals surface area contributed by atoms with Crippen LogP contribution >= 0.6 is 0 Å². The van der Waals surface area contributed by atoms with Gasteiger partial charge >= 0.3 is 0 Å². The predicted octanol–water partition coefficient (Wildman–Crippen LogP) is 4.53. The molecule has 0 fully saturated rings. The van der Waals surface area contributed by atoms with Crippen molar-refractivity contribution < 1.29 is 0 Å². The Morgan fingerprint density at radius 3 is 2.73 bits per heavy atom. The highest BCUT2D eigenvalue weighted by molar-refractivity contribution is 5.95. The van der Waals surface area contributed by atoms with Crippen molar-refractivity contribution in [3.63, 3.8) is 0 Å². The minimum Gasteiger partial charge on any atom is -0.290 e. The lowest BCUT2D eigenvalue weighted by atomic mass is 10.1. The van der Waals surface area contributed by atoms with Crippen molar-refractivity contribution in [3.8, 4) is 0 Å². The van der Waals surface area contributed by atoms with Gasteiger partial charge in [-0.2, -0.15) is 0 Å². The second-order valence-electron chi connectivity index (χ2n) is 4.44. The molecule has 0 aromatic heterocycles. The molecular formula is C14H25N. The third-order valence-electron chi connectivity index (χ3n) is 2.94. The SMILES string of the molecule is CCCCCCC/C=C/C1=NCCCC1. The van der Waals surface area contributed by atoms with Gasteiger partial charge in [-0.1, -0.05) is 38.7 Å². The Hall–Kier alpha value is -0.590. The van der Waals surface area contributed by atoms with Crippen molar-refractivity contribution in [2.45, 2.75) is 64.7 Å². The molecule has 1 heterocycles. The van der Waals surface area contributed by atoms with Crippen molar-refractivity contribution >= 4 is 5.71 Å². The fraction of sp³-hybridized carbons (Fsp3) is 0.786. The van der Waals surface area contributed by atoms with Gasteiger partial charge in [0.1, 0.15) is 0 Å². The first-order chi connectivity index (χ1) is 7.43. The molecule has 15 heavy (non-hydrogen) atoms. The third kappa shape index (κ3) is 6.48. The average molecular weight is 207 g/mol. The van der Waals surface area contributed by atoms with Crippen LogP contribution in [0.1, 0.15) is 64.7 Å². The molecule has 0 aromatic carbocycles. The van der Waals surface area contributed by atoms with Gasteiger partial charge in [-0.3, -0.25) is 4.99 Å². The molecule has 1 heteroatoms. The number of unbranched alkanes of at least 4 members (excludes halogenated alkanes) is 5. The highest BCUT2D eigenvalue weighted by Crippen LogP contribution is 2.08. The molecule has 0 atom stereocenters. The Kier molecular flexibility index (Phi) is 7.24. The lowest BCUT2D eigenvalue weighted by molar-refractivity contribution is 0.637. The second-order valence-corrected chi connectivity index (χ2v) is 4.44. The molecule has 1 rings (SSSR count). The van der Waals surface area contributed by atoms with Crippen LogP contribution in [0.25, 0.3) is 0 Å². The van der Waals surface area contributed by atoms with Crippen LogP contribution in [0.4, 0.5) is 0 Å². The summed E-state index contributed by atoms with van der Waals surface area (Å²) in [5.41, 5.74) is 1.33. The Labute approximate surface area is 94.7 Å². The van der Waals surface area contributed by atoms with Gasteiger partial charge in [-0.25, -0.2) is 0 Å². The summed E-state index contributed by atoms with van der Waals surface area (Å²) in [6.07, 6.45) is 16.5. The molecular weight excluding hydrogens is 182 g/mol. The zero-order valence-corrected chi connectivity index (χ0v) is 10.2. The third-order valence-corrected chi connectivity index (χ3v) is 2.94. The molecule has 0 amide bonds. The van der Waals surface area contributed by atoms with Gasteiger partial charge in [0.25, 0.3) is 0 Å². The molecule has 0 bridgehead atoms. The lowest BCUT2D eigenvalue weighted by Gasteiger charge is -2.07. The lowest BCUT2D eigenvalue weighted by Crippen LogP contribution is -2.02. The first-order valence-corrected chi connectivity index (χ1v) is 6.63. The van der Waals surface area contributed by atoms with Crippen LogP contribution in [0.3, 0.4) is 0 Å². The van der Waals surface area contributed by atoms with Gasteiger partial charge in [0, 0.05) is 12.3 Å². The van der Waals surface area contributed by atoms with E-state index in [9.17, 15) is 0 Å². The maximum atomic E-state index is 4.51. The smallest absolute Gasteiger partial charge is 0.0392 e. The molecule has 0 aromatic rings. The van der Waals surface area contributed by atoms with Gasteiger partial charge in [0.2, 0.25) is 0 Å². The predicted molar refractivity (Wildman–Crippen MR) is 68.7 cm³/mol. The van der Waals surface area contributed by atoms with E-state index < -0.39 is 0 Å². The highest BCUT2D eigenvalue weighted by atomic mass is 14.7. The molecule has 0 aliphatic carbocycles. The van der Waals surface area contributed by atoms with Crippen molar-refractivity contribution in [2.24, 2.45) is 4.99 Å². The highest BCUT2D eigenvalue weighted by Gasteiger charge is 2.00. The molecule has 0 N–H and O–H groups in total. The number of hydrogen-bond acceptors (Lipinski definition) is 1. The molecule has 1 nitrogen and oxygen atoms in total. The monoisotopic (exact) mass is 207 g/mol. The summed E-state index contributed by atoms with van der Waals surface area (Å²) < 4.78 is 0. The summed E-state index contributed by atoms with van der Waals surface area (Å²) in [5.74, 6) is 0. The Bertz CT molecular complexity index is 203. The Morgan fingerprint density at radius 2 is 2.00 bits per heavy atom. The normalized spacial score (nSPS) is 17.0. The van der Waals surface area contributed by atoms with E-state index in [1.165, 1.54) is 63.5 Å². The van der Waals surface area contributed by atoms with Crippen LogP contribution in [0.5, 0.6) is 0 Å². The standard InChI is InChI=1S/C14H25N/c1-2-3-4-5-6-7-8-11-14-12-9-10-13-15-14/h8,11H,2-7,9-10,12-13H2,1H3/b11-8+. The van der Waals surface area contributed by atoms with E-state index in [0.29, 0.717) is 0 Å². The molecule has 0 radical (unpaired) electrons. The van der Waals surface area contributed by atoms with Crippen molar-refractivity contribution in [3.05, 3.63) is 12.2 Å². The molecule has 0 saturated carbocycles. The Balaban J connectivity index is 1.98. The van der Waals surface area contributed by atoms with E-state index in [1.54, 1.807) is 0 Å². The van der Waals surface area contributed by atoms with Crippen molar-refractivity contribution in [1.82, 2.24) is 0 Å². The molecule has 86 valence electrons.